The van der Waals surface area contributed by atoms with Crippen LogP contribution in [0.1, 0.15) is 18.1 Å². The van der Waals surface area contributed by atoms with Crippen LogP contribution in [0.15, 0.2) is 63.5 Å². The van der Waals surface area contributed by atoms with Crippen LogP contribution in [0.3, 0.4) is 0 Å². The molecule has 0 aliphatic heterocycles. The van der Waals surface area contributed by atoms with Crippen LogP contribution in [-0.2, 0) is 20.0 Å². The zero-order valence-electron chi connectivity index (χ0n) is 18.8. The molecular formula is C23H25N7O4. The summed E-state index contributed by atoms with van der Waals surface area (Å²) in [6.07, 6.45) is 4.73. The normalized spacial score (nSPS) is 12.3. The third kappa shape index (κ3) is 5.04. The lowest BCUT2D eigenvalue weighted by Crippen LogP contribution is -2.30. The number of aryl methyl sites for hydroxylation is 2. The molecule has 0 fully saturated rings. The number of rotatable bonds is 9. The maximum Gasteiger partial charge on any atom is 0.329 e. The number of aromatic amines is 1. The molecule has 176 valence electrons. The molecule has 0 unspecified atom stereocenters. The van der Waals surface area contributed by atoms with Gasteiger partial charge >= 0.3 is 5.69 Å². The molecule has 0 radical (unpaired) electrons. The molecule has 0 saturated heterocycles. The van der Waals surface area contributed by atoms with Gasteiger partial charge in [-0.2, -0.15) is 10.1 Å². The summed E-state index contributed by atoms with van der Waals surface area (Å²) in [6.45, 7) is 2.03. The Morgan fingerprint density at radius 1 is 1.29 bits per heavy atom. The van der Waals surface area contributed by atoms with Crippen molar-refractivity contribution in [3.05, 3.63) is 80.8 Å². The zero-order chi connectivity index (χ0) is 24.1. The monoisotopic (exact) mass is 463 g/mol. The fourth-order valence-corrected chi connectivity index (χ4v) is 3.43. The summed E-state index contributed by atoms with van der Waals surface area (Å²) < 4.78 is 8.44. The summed E-state index contributed by atoms with van der Waals surface area (Å²) in [4.78, 5) is 35.3. The summed E-state index contributed by atoms with van der Waals surface area (Å²) in [5.74, 6) is 0.836. The van der Waals surface area contributed by atoms with Crippen molar-refractivity contribution in [2.45, 2.75) is 26.0 Å². The minimum atomic E-state index is -0.970. The zero-order valence-corrected chi connectivity index (χ0v) is 18.8. The van der Waals surface area contributed by atoms with Gasteiger partial charge in [-0.05, 0) is 30.2 Å². The Hall–Kier alpha value is -4.25. The van der Waals surface area contributed by atoms with Gasteiger partial charge < -0.3 is 14.4 Å². The number of hydrazone groups is 1. The van der Waals surface area contributed by atoms with Gasteiger partial charge in [-0.15, -0.1) is 0 Å². The van der Waals surface area contributed by atoms with Gasteiger partial charge in [0.15, 0.2) is 11.2 Å². The first-order chi connectivity index (χ1) is 16.5. The summed E-state index contributed by atoms with van der Waals surface area (Å²) in [6, 6.07) is 11.2. The van der Waals surface area contributed by atoms with E-state index in [0.29, 0.717) is 5.75 Å². The Kier molecular flexibility index (Phi) is 6.83. The number of anilines is 1. The standard InChI is InChI=1S/C23H25N7O4/c1-3-15-6-4-8-18(10-15)34-14-17(31)13-30-19-20(29(2)23(33)27-21(19)32)26-22(30)28-25-12-16-7-5-9-24-11-16/h4-12,17,31H,3,13-14H2,1-2H3,(H,26,28)(H,27,32,33)/b25-12-/t17-/m0/s1. The Morgan fingerprint density at radius 3 is 2.91 bits per heavy atom. The number of nitrogens with zero attached hydrogens (tertiary/aromatic N) is 5. The maximum absolute atomic E-state index is 12.6. The first-order valence-corrected chi connectivity index (χ1v) is 10.7. The highest BCUT2D eigenvalue weighted by Crippen LogP contribution is 2.18. The van der Waals surface area contributed by atoms with E-state index in [0.717, 1.165) is 17.5 Å². The molecule has 4 aromatic rings. The van der Waals surface area contributed by atoms with Crippen molar-refractivity contribution < 1.29 is 9.84 Å². The highest BCUT2D eigenvalue weighted by atomic mass is 16.5. The summed E-state index contributed by atoms with van der Waals surface area (Å²) in [7, 11) is 1.50. The molecule has 11 heteroatoms. The van der Waals surface area contributed by atoms with E-state index < -0.39 is 17.4 Å². The van der Waals surface area contributed by atoms with Gasteiger partial charge in [0.1, 0.15) is 18.5 Å². The second-order valence-corrected chi connectivity index (χ2v) is 7.66. The van der Waals surface area contributed by atoms with Crippen molar-refractivity contribution in [1.29, 1.82) is 0 Å². The molecule has 0 saturated carbocycles. The minimum absolute atomic E-state index is 0.00506. The average Bonchev–Trinajstić information content (AvgIpc) is 3.20. The molecular weight excluding hydrogens is 438 g/mol. The molecule has 1 aromatic carbocycles. The third-order valence-corrected chi connectivity index (χ3v) is 5.21. The third-order valence-electron chi connectivity index (χ3n) is 5.21. The maximum atomic E-state index is 12.6. The fraction of sp³-hybridized carbons (Fsp3) is 0.261. The predicted molar refractivity (Wildman–Crippen MR) is 128 cm³/mol. The highest BCUT2D eigenvalue weighted by molar-refractivity contribution is 5.80. The summed E-state index contributed by atoms with van der Waals surface area (Å²) in [5.41, 5.74) is 3.76. The average molecular weight is 463 g/mol. The molecule has 0 aliphatic carbocycles. The molecule has 3 N–H and O–H groups in total. The van der Waals surface area contributed by atoms with E-state index in [1.54, 1.807) is 24.7 Å². The molecule has 3 heterocycles. The number of pyridine rings is 1. The van der Waals surface area contributed by atoms with Crippen LogP contribution in [0.5, 0.6) is 5.75 Å². The van der Waals surface area contributed by atoms with Crippen LogP contribution in [-0.4, -0.2) is 48.1 Å². The second-order valence-electron chi connectivity index (χ2n) is 7.66. The minimum Gasteiger partial charge on any atom is -0.491 e. The van der Waals surface area contributed by atoms with Crippen molar-refractivity contribution in [3.8, 4) is 5.75 Å². The van der Waals surface area contributed by atoms with E-state index in [1.165, 1.54) is 16.2 Å². The molecule has 0 aliphatic rings. The smallest absolute Gasteiger partial charge is 0.329 e. The van der Waals surface area contributed by atoms with Gasteiger partial charge in [0, 0.05) is 25.0 Å². The number of hydrogen-bond donors (Lipinski definition) is 3. The lowest BCUT2D eigenvalue weighted by Gasteiger charge is -2.15. The quantitative estimate of drug-likeness (QED) is 0.251. The summed E-state index contributed by atoms with van der Waals surface area (Å²) >= 11 is 0. The van der Waals surface area contributed by atoms with Crippen molar-refractivity contribution in [3.63, 3.8) is 0 Å². The van der Waals surface area contributed by atoms with Crippen LogP contribution in [0.2, 0.25) is 0 Å². The van der Waals surface area contributed by atoms with Gasteiger partial charge in [-0.3, -0.25) is 19.3 Å². The van der Waals surface area contributed by atoms with Gasteiger partial charge in [0.05, 0.1) is 12.8 Å². The van der Waals surface area contributed by atoms with E-state index in [4.69, 9.17) is 4.74 Å². The van der Waals surface area contributed by atoms with Gasteiger partial charge in [0.25, 0.3) is 5.56 Å². The lowest BCUT2D eigenvalue weighted by atomic mass is 10.2. The van der Waals surface area contributed by atoms with Crippen LogP contribution in [0, 0.1) is 0 Å². The molecule has 1 atom stereocenters. The SMILES string of the molecule is CCc1cccc(OC[C@@H](O)Cn2c(N/N=C\c3cccnc3)nc3c2c(=O)[nH]c(=O)n3C)c1. The molecule has 0 amide bonds. The molecule has 0 bridgehead atoms. The second kappa shape index (κ2) is 10.1. The van der Waals surface area contributed by atoms with E-state index >= 15 is 0 Å². The Bertz CT molecular complexity index is 1420. The molecule has 4 rings (SSSR count). The number of aliphatic hydroxyl groups is 1. The van der Waals surface area contributed by atoms with Gasteiger partial charge in [-0.25, -0.2) is 10.2 Å². The number of fused-ring (bicyclic) bond motifs is 1. The van der Waals surface area contributed by atoms with Crippen LogP contribution in [0.25, 0.3) is 11.2 Å². The number of benzene rings is 1. The number of aliphatic hydroxyl groups excluding tert-OH is 1. The number of ether oxygens (including phenoxy) is 1. The van der Waals surface area contributed by atoms with Gasteiger partial charge in [0.2, 0.25) is 5.95 Å². The molecule has 11 nitrogen and oxygen atoms in total. The fourth-order valence-electron chi connectivity index (χ4n) is 3.43. The van der Waals surface area contributed by atoms with E-state index in [1.807, 2.05) is 37.3 Å². The van der Waals surface area contributed by atoms with Crippen LogP contribution < -0.4 is 21.4 Å². The largest absolute Gasteiger partial charge is 0.491 e. The highest BCUT2D eigenvalue weighted by Gasteiger charge is 2.20. The Labute approximate surface area is 194 Å². The number of hydrogen-bond acceptors (Lipinski definition) is 8. The number of imidazole rings is 1. The lowest BCUT2D eigenvalue weighted by molar-refractivity contribution is 0.0938. The van der Waals surface area contributed by atoms with Crippen molar-refractivity contribution in [2.75, 3.05) is 12.0 Å². The van der Waals surface area contributed by atoms with Crippen LogP contribution >= 0.6 is 0 Å². The van der Waals surface area contributed by atoms with E-state index in [2.05, 4.69) is 25.5 Å². The predicted octanol–water partition coefficient (Wildman–Crippen LogP) is 1.27. The number of H-pyrrole nitrogens is 1. The Morgan fingerprint density at radius 2 is 2.15 bits per heavy atom. The van der Waals surface area contributed by atoms with Gasteiger partial charge in [-0.1, -0.05) is 25.1 Å². The topological polar surface area (TPSA) is 139 Å². The van der Waals surface area contributed by atoms with E-state index in [9.17, 15) is 14.7 Å². The van der Waals surface area contributed by atoms with E-state index in [-0.39, 0.29) is 30.3 Å². The first-order valence-electron chi connectivity index (χ1n) is 10.7. The van der Waals surface area contributed by atoms with Crippen molar-refractivity contribution in [2.24, 2.45) is 12.1 Å². The Balaban J connectivity index is 1.60. The molecule has 34 heavy (non-hydrogen) atoms. The molecule has 0 spiro atoms. The van der Waals surface area contributed by atoms with Crippen molar-refractivity contribution >= 4 is 23.3 Å². The summed E-state index contributed by atoms with van der Waals surface area (Å²) in [5, 5.41) is 14.8. The molecule has 3 aromatic heterocycles. The number of aromatic nitrogens is 5. The number of nitrogens with one attached hydrogen (secondary N) is 2. The van der Waals surface area contributed by atoms with Crippen LogP contribution in [0.4, 0.5) is 5.95 Å². The van der Waals surface area contributed by atoms with Crippen molar-refractivity contribution in [1.82, 2.24) is 24.1 Å². The first kappa shape index (κ1) is 22.9.